The molecule has 1 saturated carbocycles. The van der Waals surface area contributed by atoms with Crippen molar-refractivity contribution in [1.82, 2.24) is 15.1 Å². The molecule has 2 fully saturated rings. The molecule has 0 bridgehead atoms. The molecule has 2 aromatic rings. The molecule has 0 spiro atoms. The highest BCUT2D eigenvalue weighted by atomic mass is 32.1. The van der Waals surface area contributed by atoms with Gasteiger partial charge in [-0.1, -0.05) is 0 Å². The number of carbonyl (C=O) groups excluding carboxylic acids is 1. The number of ether oxygens (including phenoxy) is 1. The lowest BCUT2D eigenvalue weighted by Crippen LogP contribution is -2.32. The van der Waals surface area contributed by atoms with Gasteiger partial charge in [-0.05, 0) is 50.6 Å². The van der Waals surface area contributed by atoms with Crippen LogP contribution in [0.4, 0.5) is 0 Å². The zero-order valence-corrected chi connectivity index (χ0v) is 16.7. The molecule has 4 rings (SSSR count). The smallest absolute Gasteiger partial charge is 0.223 e. The number of hydrogen-bond donors (Lipinski definition) is 1. The molecule has 2 aromatic heterocycles. The minimum atomic E-state index is 0.0403. The SMILES string of the molecule is Cc1ccsc1C1CC1C(=O)NC[C@@H]1CCO[C@H]1c1c(C)nn(C)c1C. The van der Waals surface area contributed by atoms with E-state index in [9.17, 15) is 4.79 Å². The first kappa shape index (κ1) is 17.7. The summed E-state index contributed by atoms with van der Waals surface area (Å²) in [5.41, 5.74) is 4.70. The summed E-state index contributed by atoms with van der Waals surface area (Å²) in [6.45, 7) is 7.70. The Hall–Kier alpha value is -1.66. The zero-order valence-electron chi connectivity index (χ0n) is 15.9. The van der Waals surface area contributed by atoms with Crippen LogP contribution in [0, 0.1) is 32.6 Å². The molecule has 2 aliphatic rings. The van der Waals surface area contributed by atoms with Gasteiger partial charge < -0.3 is 10.1 Å². The molecule has 4 atom stereocenters. The summed E-state index contributed by atoms with van der Waals surface area (Å²) >= 11 is 1.78. The van der Waals surface area contributed by atoms with Gasteiger partial charge in [0.05, 0.1) is 11.8 Å². The van der Waals surface area contributed by atoms with E-state index in [0.717, 1.165) is 30.8 Å². The fraction of sp³-hybridized carbons (Fsp3) is 0.600. The Morgan fingerprint density at radius 3 is 2.88 bits per heavy atom. The van der Waals surface area contributed by atoms with E-state index in [4.69, 9.17) is 4.74 Å². The molecule has 1 amide bonds. The first-order valence-electron chi connectivity index (χ1n) is 9.40. The summed E-state index contributed by atoms with van der Waals surface area (Å²) in [6.07, 6.45) is 2.01. The van der Waals surface area contributed by atoms with Crippen molar-refractivity contribution in [2.24, 2.45) is 18.9 Å². The maximum absolute atomic E-state index is 12.6. The van der Waals surface area contributed by atoms with Crippen LogP contribution in [0.5, 0.6) is 0 Å². The van der Waals surface area contributed by atoms with Crippen LogP contribution in [0.1, 0.15) is 52.3 Å². The van der Waals surface area contributed by atoms with Crippen LogP contribution in [0.25, 0.3) is 0 Å². The van der Waals surface area contributed by atoms with Gasteiger partial charge in [-0.2, -0.15) is 5.10 Å². The predicted molar refractivity (Wildman–Crippen MR) is 102 cm³/mol. The minimum absolute atomic E-state index is 0.0403. The monoisotopic (exact) mass is 373 g/mol. The van der Waals surface area contributed by atoms with Crippen molar-refractivity contribution in [1.29, 1.82) is 0 Å². The molecule has 1 N–H and O–H groups in total. The number of nitrogens with zero attached hydrogens (tertiary/aromatic N) is 2. The second kappa shape index (κ2) is 6.82. The Morgan fingerprint density at radius 2 is 2.23 bits per heavy atom. The highest BCUT2D eigenvalue weighted by molar-refractivity contribution is 7.10. The molecule has 0 radical (unpaired) electrons. The minimum Gasteiger partial charge on any atom is -0.373 e. The van der Waals surface area contributed by atoms with Crippen LogP contribution >= 0.6 is 11.3 Å². The Morgan fingerprint density at radius 1 is 1.42 bits per heavy atom. The van der Waals surface area contributed by atoms with Crippen LogP contribution in [0.2, 0.25) is 0 Å². The first-order chi connectivity index (χ1) is 12.5. The summed E-state index contributed by atoms with van der Waals surface area (Å²) in [6, 6.07) is 2.15. The van der Waals surface area contributed by atoms with Crippen LogP contribution in [0.3, 0.4) is 0 Å². The summed E-state index contributed by atoms with van der Waals surface area (Å²) < 4.78 is 7.94. The maximum Gasteiger partial charge on any atom is 0.223 e. The fourth-order valence-corrected chi connectivity index (χ4v) is 5.37. The summed E-state index contributed by atoms with van der Waals surface area (Å²) in [4.78, 5) is 14.0. The second-order valence-corrected chi connectivity index (χ2v) is 8.66. The van der Waals surface area contributed by atoms with Gasteiger partial charge in [-0.3, -0.25) is 9.48 Å². The van der Waals surface area contributed by atoms with Gasteiger partial charge in [0.1, 0.15) is 0 Å². The van der Waals surface area contributed by atoms with Crippen LogP contribution in [0.15, 0.2) is 11.4 Å². The zero-order chi connectivity index (χ0) is 18.4. The molecule has 140 valence electrons. The van der Waals surface area contributed by atoms with E-state index in [1.807, 2.05) is 18.7 Å². The summed E-state index contributed by atoms with van der Waals surface area (Å²) in [5.74, 6) is 1.10. The van der Waals surface area contributed by atoms with Gasteiger partial charge in [0.2, 0.25) is 5.91 Å². The third-order valence-electron chi connectivity index (χ3n) is 5.97. The van der Waals surface area contributed by atoms with Crippen LogP contribution < -0.4 is 5.32 Å². The molecule has 5 nitrogen and oxygen atoms in total. The maximum atomic E-state index is 12.6. The van der Waals surface area contributed by atoms with E-state index in [-0.39, 0.29) is 17.9 Å². The van der Waals surface area contributed by atoms with Gasteiger partial charge in [0.25, 0.3) is 0 Å². The third-order valence-corrected chi connectivity index (χ3v) is 7.12. The van der Waals surface area contributed by atoms with E-state index in [1.54, 1.807) is 11.3 Å². The number of amides is 1. The Balaban J connectivity index is 1.37. The highest BCUT2D eigenvalue weighted by Crippen LogP contribution is 2.50. The fourth-order valence-electron chi connectivity index (χ4n) is 4.27. The van der Waals surface area contributed by atoms with Crippen LogP contribution in [-0.2, 0) is 16.6 Å². The van der Waals surface area contributed by atoms with Crippen molar-refractivity contribution in [2.75, 3.05) is 13.2 Å². The highest BCUT2D eigenvalue weighted by Gasteiger charge is 2.45. The predicted octanol–water partition coefficient (Wildman–Crippen LogP) is 3.40. The molecule has 2 unspecified atom stereocenters. The van der Waals surface area contributed by atoms with E-state index in [1.165, 1.54) is 16.0 Å². The average Bonchev–Trinajstić information content (AvgIpc) is 2.92. The average molecular weight is 374 g/mol. The number of nitrogens with one attached hydrogen (secondary N) is 1. The van der Waals surface area contributed by atoms with Crippen molar-refractivity contribution < 1.29 is 9.53 Å². The lowest BCUT2D eigenvalue weighted by Gasteiger charge is -2.20. The number of carbonyl (C=O) groups is 1. The molecule has 3 heterocycles. The van der Waals surface area contributed by atoms with Gasteiger partial charge in [0, 0.05) is 54.1 Å². The molecule has 1 saturated heterocycles. The lowest BCUT2D eigenvalue weighted by molar-refractivity contribution is -0.122. The number of hydrogen-bond acceptors (Lipinski definition) is 4. The number of rotatable bonds is 5. The molecule has 26 heavy (non-hydrogen) atoms. The first-order valence-corrected chi connectivity index (χ1v) is 10.3. The Kier molecular flexibility index (Phi) is 4.65. The largest absolute Gasteiger partial charge is 0.373 e. The van der Waals surface area contributed by atoms with Gasteiger partial charge in [0.15, 0.2) is 0 Å². The Labute approximate surface area is 158 Å². The van der Waals surface area contributed by atoms with Crippen LogP contribution in [-0.4, -0.2) is 28.8 Å². The topological polar surface area (TPSA) is 56.1 Å². The third kappa shape index (κ3) is 3.09. The molecular formula is C20H27N3O2S. The van der Waals surface area contributed by atoms with Crippen molar-refractivity contribution in [2.45, 2.75) is 45.6 Å². The molecule has 1 aliphatic carbocycles. The van der Waals surface area contributed by atoms with E-state index in [0.29, 0.717) is 18.4 Å². The number of aryl methyl sites for hydroxylation is 3. The van der Waals surface area contributed by atoms with Crippen molar-refractivity contribution in [3.8, 4) is 0 Å². The quantitative estimate of drug-likeness (QED) is 0.874. The summed E-state index contributed by atoms with van der Waals surface area (Å²) in [5, 5.41) is 9.84. The van der Waals surface area contributed by atoms with Crippen molar-refractivity contribution in [3.63, 3.8) is 0 Å². The standard InChI is InChI=1S/C20H27N3O2S/c1-11-6-8-26-19(11)15-9-16(15)20(24)21-10-14-5-7-25-18(14)17-12(2)22-23(4)13(17)3/h6,8,14-16,18H,5,7,9-10H2,1-4H3,(H,21,24)/t14-,15?,16?,18+/m0/s1. The normalized spacial score (nSPS) is 27.7. The van der Waals surface area contributed by atoms with Gasteiger partial charge in [-0.25, -0.2) is 0 Å². The van der Waals surface area contributed by atoms with E-state index < -0.39 is 0 Å². The van der Waals surface area contributed by atoms with Crippen molar-refractivity contribution in [3.05, 3.63) is 38.8 Å². The number of thiophene rings is 1. The molecule has 0 aromatic carbocycles. The van der Waals surface area contributed by atoms with Crippen molar-refractivity contribution >= 4 is 17.2 Å². The van der Waals surface area contributed by atoms with Gasteiger partial charge >= 0.3 is 0 Å². The molecule has 1 aliphatic heterocycles. The van der Waals surface area contributed by atoms with E-state index >= 15 is 0 Å². The summed E-state index contributed by atoms with van der Waals surface area (Å²) in [7, 11) is 1.97. The van der Waals surface area contributed by atoms with Gasteiger partial charge in [-0.15, -0.1) is 11.3 Å². The second-order valence-electron chi connectivity index (χ2n) is 7.71. The molecule has 6 heteroatoms. The Bertz CT molecular complexity index is 825. The number of aromatic nitrogens is 2. The molecular weight excluding hydrogens is 346 g/mol. The lowest BCUT2D eigenvalue weighted by atomic mass is 9.94. The van der Waals surface area contributed by atoms with E-state index in [2.05, 4.69) is 35.7 Å².